The number of halogens is 4. The van der Waals surface area contributed by atoms with Crippen LogP contribution in [0.25, 0.3) is 0 Å². The molecule has 3 atom stereocenters. The van der Waals surface area contributed by atoms with E-state index < -0.39 is 34.8 Å². The number of nitrogens with zero attached hydrogens (tertiary/aromatic N) is 1. The highest BCUT2D eigenvalue weighted by Gasteiger charge is 2.80. The van der Waals surface area contributed by atoms with Crippen molar-refractivity contribution < 1.29 is 37.0 Å². The van der Waals surface area contributed by atoms with E-state index in [-0.39, 0.29) is 23.5 Å². The number of carbonyl (C=O) groups excluding carboxylic acids is 2. The number of ether oxygens (including phenoxy) is 1. The summed E-state index contributed by atoms with van der Waals surface area (Å²) in [6.07, 6.45) is -1.79. The lowest BCUT2D eigenvalue weighted by molar-refractivity contribution is -0.137. The number of carbonyl (C=O) groups is 2. The molecule has 2 aliphatic carbocycles. The summed E-state index contributed by atoms with van der Waals surface area (Å²) in [4.78, 5) is 28.4. The molecule has 0 bridgehead atoms. The average molecular weight is 528 g/mol. The number of fused-ring (bicyclic) bond motifs is 2. The number of pyridine rings is 1. The maximum absolute atomic E-state index is 14.0. The summed E-state index contributed by atoms with van der Waals surface area (Å²) in [5, 5.41) is 18.1. The Balaban J connectivity index is 1.16. The largest absolute Gasteiger partial charge is 0.508 e. The summed E-state index contributed by atoms with van der Waals surface area (Å²) >= 11 is 0. The van der Waals surface area contributed by atoms with Crippen LogP contribution < -0.4 is 20.7 Å². The topological polar surface area (TPSA) is 113 Å². The molecule has 12 heteroatoms. The van der Waals surface area contributed by atoms with Crippen LogP contribution in [0.3, 0.4) is 0 Å². The van der Waals surface area contributed by atoms with Gasteiger partial charge in [0.15, 0.2) is 0 Å². The molecule has 2 fully saturated rings. The second kappa shape index (κ2) is 8.33. The standard InChI is InChI=1S/C26H20F4N4O4/c27-17-4-1-12(26(28,29)30)9-18(17)32-24(37)34-25-11-16(25)22(25)15-10-13(2-5-19(15)35)38-20-7-8-31-23-14(20)3-6-21(36)33-23/h1-2,4-5,7-10,16,22,35H,3,6,11H2,(H,31,33,36)(H2,32,34,37). The van der Waals surface area contributed by atoms with Crippen LogP contribution >= 0.6 is 0 Å². The molecule has 1 aliphatic heterocycles. The highest BCUT2D eigenvalue weighted by molar-refractivity contribution is 5.93. The molecule has 2 heterocycles. The fourth-order valence-electron chi connectivity index (χ4n) is 5.11. The molecule has 2 saturated carbocycles. The summed E-state index contributed by atoms with van der Waals surface area (Å²) in [6, 6.07) is 7.34. The van der Waals surface area contributed by atoms with E-state index in [1.54, 1.807) is 18.2 Å². The number of urea groups is 1. The summed E-state index contributed by atoms with van der Waals surface area (Å²) in [6.45, 7) is 0. The average Bonchev–Trinajstić information content (AvgIpc) is 3.71. The zero-order valence-electron chi connectivity index (χ0n) is 19.5. The van der Waals surface area contributed by atoms with Crippen molar-refractivity contribution >= 4 is 23.4 Å². The number of rotatable bonds is 5. The Morgan fingerprint density at radius 3 is 2.74 bits per heavy atom. The molecule has 2 aromatic carbocycles. The smallest absolute Gasteiger partial charge is 0.416 e. The van der Waals surface area contributed by atoms with E-state index in [2.05, 4.69) is 20.9 Å². The molecule has 0 spiro atoms. The van der Waals surface area contributed by atoms with Crippen LogP contribution in [0.2, 0.25) is 0 Å². The van der Waals surface area contributed by atoms with Crippen LogP contribution in [0.4, 0.5) is 33.9 Å². The molecule has 6 rings (SSSR count). The normalized spacial score (nSPS) is 23.0. The Morgan fingerprint density at radius 1 is 1.16 bits per heavy atom. The summed E-state index contributed by atoms with van der Waals surface area (Å²) < 4.78 is 59.0. The highest BCUT2D eigenvalue weighted by Crippen LogP contribution is 2.77. The predicted molar refractivity (Wildman–Crippen MR) is 127 cm³/mol. The molecule has 3 unspecified atom stereocenters. The fraction of sp³-hybridized carbons (Fsp3) is 0.269. The van der Waals surface area contributed by atoms with E-state index in [0.29, 0.717) is 60.3 Å². The number of aromatic hydroxyl groups is 1. The fourth-order valence-corrected chi connectivity index (χ4v) is 5.11. The second-order valence-electron chi connectivity index (χ2n) is 9.61. The summed E-state index contributed by atoms with van der Waals surface area (Å²) in [7, 11) is 0. The number of aromatic nitrogens is 1. The van der Waals surface area contributed by atoms with Crippen molar-refractivity contribution in [2.24, 2.45) is 5.92 Å². The van der Waals surface area contributed by atoms with E-state index >= 15 is 0 Å². The Morgan fingerprint density at radius 2 is 1.97 bits per heavy atom. The molecule has 3 aliphatic rings. The van der Waals surface area contributed by atoms with E-state index in [1.165, 1.54) is 12.3 Å². The van der Waals surface area contributed by atoms with Crippen molar-refractivity contribution in [3.05, 3.63) is 71.2 Å². The molecule has 0 radical (unpaired) electrons. The van der Waals surface area contributed by atoms with Gasteiger partial charge in [0.05, 0.1) is 16.8 Å². The first kappa shape index (κ1) is 24.0. The second-order valence-corrected chi connectivity index (χ2v) is 9.61. The highest BCUT2D eigenvalue weighted by atomic mass is 19.4. The molecule has 3 amide bonds. The SMILES string of the molecule is O=C1CCc2c(Oc3ccc(O)c(C4C5CC54NC(=O)Nc4cc(C(F)(F)F)ccc4F)c3)ccnc2N1. The van der Waals surface area contributed by atoms with Gasteiger partial charge in [-0.1, -0.05) is 0 Å². The number of hydrogen-bond acceptors (Lipinski definition) is 5. The monoisotopic (exact) mass is 528 g/mol. The Hall–Kier alpha value is -4.35. The Labute approximate surface area is 213 Å². The van der Waals surface area contributed by atoms with E-state index in [9.17, 15) is 32.3 Å². The van der Waals surface area contributed by atoms with Gasteiger partial charge in [-0.3, -0.25) is 4.79 Å². The van der Waals surface area contributed by atoms with Gasteiger partial charge in [-0.05, 0) is 61.2 Å². The number of hydrogen-bond donors (Lipinski definition) is 4. The van der Waals surface area contributed by atoms with Crippen molar-refractivity contribution in [3.63, 3.8) is 0 Å². The number of phenols is 1. The van der Waals surface area contributed by atoms with Gasteiger partial charge < -0.3 is 25.8 Å². The van der Waals surface area contributed by atoms with Gasteiger partial charge in [0.25, 0.3) is 0 Å². The molecule has 8 nitrogen and oxygen atoms in total. The van der Waals surface area contributed by atoms with Gasteiger partial charge in [0.2, 0.25) is 5.91 Å². The van der Waals surface area contributed by atoms with Crippen LogP contribution in [-0.2, 0) is 17.4 Å². The number of benzene rings is 2. The predicted octanol–water partition coefficient (Wildman–Crippen LogP) is 5.30. The third kappa shape index (κ3) is 4.15. The van der Waals surface area contributed by atoms with Gasteiger partial charge in [-0.15, -0.1) is 0 Å². The number of nitrogens with one attached hydrogen (secondary N) is 3. The molecule has 4 N–H and O–H groups in total. The maximum Gasteiger partial charge on any atom is 0.416 e. The zero-order chi connectivity index (χ0) is 26.8. The summed E-state index contributed by atoms with van der Waals surface area (Å²) in [5.41, 5.74) is -1.05. The number of phenolic OH excluding ortho intramolecular Hbond substituents is 1. The van der Waals surface area contributed by atoms with Crippen molar-refractivity contribution in [1.82, 2.24) is 10.3 Å². The van der Waals surface area contributed by atoms with Crippen molar-refractivity contribution in [1.29, 1.82) is 0 Å². The minimum absolute atomic E-state index is 0.00377. The summed E-state index contributed by atoms with van der Waals surface area (Å²) in [5.74, 6) is 0.0448. The number of anilines is 2. The first-order chi connectivity index (χ1) is 18.0. The first-order valence-corrected chi connectivity index (χ1v) is 11.8. The Kier molecular flexibility index (Phi) is 5.27. The molecular weight excluding hydrogens is 508 g/mol. The third-order valence-electron chi connectivity index (χ3n) is 7.23. The number of amides is 3. The molecule has 3 aromatic rings. The molecule has 38 heavy (non-hydrogen) atoms. The minimum Gasteiger partial charge on any atom is -0.508 e. The van der Waals surface area contributed by atoms with Crippen molar-refractivity contribution in [2.75, 3.05) is 10.6 Å². The van der Waals surface area contributed by atoms with Gasteiger partial charge in [0, 0.05) is 29.7 Å². The molecule has 196 valence electrons. The van der Waals surface area contributed by atoms with Crippen molar-refractivity contribution in [3.8, 4) is 17.2 Å². The van der Waals surface area contributed by atoms with E-state index in [4.69, 9.17) is 4.74 Å². The van der Waals surface area contributed by atoms with Gasteiger partial charge in [-0.25, -0.2) is 14.2 Å². The minimum atomic E-state index is -4.68. The van der Waals surface area contributed by atoms with Crippen LogP contribution in [0.5, 0.6) is 17.2 Å². The van der Waals surface area contributed by atoms with Crippen LogP contribution in [0, 0.1) is 11.7 Å². The Bertz CT molecular complexity index is 1490. The molecule has 0 saturated heterocycles. The van der Waals surface area contributed by atoms with Crippen molar-refractivity contribution in [2.45, 2.75) is 36.9 Å². The van der Waals surface area contributed by atoms with E-state index in [0.717, 1.165) is 5.56 Å². The molecule has 1 aromatic heterocycles. The lowest BCUT2D eigenvalue weighted by Gasteiger charge is -2.20. The van der Waals surface area contributed by atoms with Crippen LogP contribution in [0.15, 0.2) is 48.7 Å². The number of alkyl halides is 3. The van der Waals surface area contributed by atoms with Gasteiger partial charge >= 0.3 is 12.2 Å². The van der Waals surface area contributed by atoms with Gasteiger partial charge in [-0.2, -0.15) is 13.2 Å². The molecular formula is C26H20F4N4O4. The first-order valence-electron chi connectivity index (χ1n) is 11.8. The van der Waals surface area contributed by atoms with Crippen LogP contribution in [0.1, 0.15) is 35.4 Å². The quantitative estimate of drug-likeness (QED) is 0.336. The lowest BCUT2D eigenvalue weighted by atomic mass is 9.99. The van der Waals surface area contributed by atoms with E-state index in [1.807, 2.05) is 0 Å². The maximum atomic E-state index is 14.0. The van der Waals surface area contributed by atoms with Gasteiger partial charge in [0.1, 0.15) is 28.9 Å². The van der Waals surface area contributed by atoms with Crippen LogP contribution in [-0.4, -0.2) is 27.6 Å². The lowest BCUT2D eigenvalue weighted by Crippen LogP contribution is -2.36. The third-order valence-corrected chi connectivity index (χ3v) is 7.23. The zero-order valence-corrected chi connectivity index (χ0v) is 19.5.